The van der Waals surface area contributed by atoms with Crippen molar-refractivity contribution >= 4 is 17.7 Å². The summed E-state index contributed by atoms with van der Waals surface area (Å²) < 4.78 is 38.5. The molecular formula is C18H16F3N5OS. The number of alkyl halides is 3. The summed E-state index contributed by atoms with van der Waals surface area (Å²) in [6.45, 7) is 0.565. The van der Waals surface area contributed by atoms with Crippen LogP contribution < -0.4 is 5.32 Å². The van der Waals surface area contributed by atoms with Crippen molar-refractivity contribution in [2.45, 2.75) is 18.3 Å². The van der Waals surface area contributed by atoms with Crippen LogP contribution in [0.4, 0.5) is 13.2 Å². The summed E-state index contributed by atoms with van der Waals surface area (Å²) in [5, 5.41) is 10.6. The Balaban J connectivity index is 1.89. The van der Waals surface area contributed by atoms with Crippen molar-refractivity contribution < 1.29 is 18.0 Å². The normalized spacial score (nSPS) is 11.4. The number of benzene rings is 1. The van der Waals surface area contributed by atoms with Crippen LogP contribution in [0.5, 0.6) is 0 Å². The van der Waals surface area contributed by atoms with Crippen LogP contribution in [0.3, 0.4) is 0 Å². The van der Waals surface area contributed by atoms with E-state index in [1.807, 2.05) is 36.5 Å². The van der Waals surface area contributed by atoms with Gasteiger partial charge in [0.25, 0.3) is 0 Å². The van der Waals surface area contributed by atoms with Gasteiger partial charge in [-0.3, -0.25) is 14.3 Å². The summed E-state index contributed by atoms with van der Waals surface area (Å²) in [5.74, 6) is -0.391. The molecule has 2 heterocycles. The van der Waals surface area contributed by atoms with Gasteiger partial charge in [0.15, 0.2) is 11.0 Å². The Labute approximate surface area is 163 Å². The van der Waals surface area contributed by atoms with Gasteiger partial charge in [-0.2, -0.15) is 13.2 Å². The molecule has 1 amide bonds. The third kappa shape index (κ3) is 4.89. The first-order chi connectivity index (χ1) is 13.3. The molecule has 6 nitrogen and oxygen atoms in total. The van der Waals surface area contributed by atoms with Gasteiger partial charge in [-0.15, -0.1) is 10.2 Å². The Hall–Kier alpha value is -2.88. The lowest BCUT2D eigenvalue weighted by Crippen LogP contribution is -2.34. The lowest BCUT2D eigenvalue weighted by Gasteiger charge is -2.13. The van der Waals surface area contributed by atoms with Crippen molar-refractivity contribution in [1.29, 1.82) is 0 Å². The number of para-hydroxylation sites is 1. The van der Waals surface area contributed by atoms with Crippen molar-refractivity contribution in [3.05, 3.63) is 54.4 Å². The Bertz CT molecular complexity index is 959. The van der Waals surface area contributed by atoms with E-state index in [1.165, 1.54) is 0 Å². The zero-order valence-electron chi connectivity index (χ0n) is 14.8. The van der Waals surface area contributed by atoms with Crippen LogP contribution >= 0.6 is 11.8 Å². The zero-order chi connectivity index (χ0) is 20.1. The van der Waals surface area contributed by atoms with Crippen LogP contribution in [0, 0.1) is 6.92 Å². The first-order valence-corrected chi connectivity index (χ1v) is 9.22. The molecule has 0 aliphatic heterocycles. The van der Waals surface area contributed by atoms with E-state index in [2.05, 4.69) is 15.2 Å². The fraction of sp³-hybridized carbons (Fsp3) is 0.222. The SMILES string of the molecule is Cc1ccccc1-n1c(SCC(=O)NCC(F)(F)F)nnc1-c1ccncc1. The highest BCUT2D eigenvalue weighted by molar-refractivity contribution is 7.99. The van der Waals surface area contributed by atoms with Gasteiger partial charge in [0.1, 0.15) is 6.54 Å². The zero-order valence-corrected chi connectivity index (χ0v) is 15.6. The van der Waals surface area contributed by atoms with Crippen LogP contribution in [0.1, 0.15) is 5.56 Å². The molecule has 28 heavy (non-hydrogen) atoms. The molecule has 2 aromatic heterocycles. The minimum Gasteiger partial charge on any atom is -0.346 e. The number of aryl methyl sites for hydroxylation is 1. The summed E-state index contributed by atoms with van der Waals surface area (Å²) in [6, 6.07) is 11.1. The molecule has 1 aromatic carbocycles. The molecule has 0 aliphatic carbocycles. The van der Waals surface area contributed by atoms with Gasteiger partial charge < -0.3 is 5.32 Å². The number of nitrogens with one attached hydrogen (secondary N) is 1. The molecule has 3 rings (SSSR count). The monoisotopic (exact) mass is 407 g/mol. The van der Waals surface area contributed by atoms with Gasteiger partial charge in [-0.1, -0.05) is 30.0 Å². The topological polar surface area (TPSA) is 72.7 Å². The quantitative estimate of drug-likeness (QED) is 0.634. The second kappa shape index (κ2) is 8.42. The number of thioether (sulfide) groups is 1. The third-order valence-corrected chi connectivity index (χ3v) is 4.68. The maximum Gasteiger partial charge on any atom is 0.405 e. The first kappa shape index (κ1) is 19.9. The predicted octanol–water partition coefficient (Wildman–Crippen LogP) is 3.41. The number of carbonyl (C=O) groups is 1. The van der Waals surface area contributed by atoms with Gasteiger partial charge >= 0.3 is 6.18 Å². The lowest BCUT2D eigenvalue weighted by molar-refractivity contribution is -0.136. The first-order valence-electron chi connectivity index (χ1n) is 8.23. The van der Waals surface area contributed by atoms with E-state index < -0.39 is 18.6 Å². The number of aromatic nitrogens is 4. The minimum absolute atomic E-state index is 0.212. The van der Waals surface area contributed by atoms with E-state index in [4.69, 9.17) is 0 Å². The number of carbonyl (C=O) groups excluding carboxylic acids is 1. The number of nitrogens with zero attached hydrogens (tertiary/aromatic N) is 4. The van der Waals surface area contributed by atoms with Crippen molar-refractivity contribution in [3.63, 3.8) is 0 Å². The van der Waals surface area contributed by atoms with Crippen molar-refractivity contribution in [2.24, 2.45) is 0 Å². The molecule has 0 saturated carbocycles. The van der Waals surface area contributed by atoms with Crippen LogP contribution in [0.2, 0.25) is 0 Å². The molecule has 0 saturated heterocycles. The van der Waals surface area contributed by atoms with E-state index in [0.717, 1.165) is 28.6 Å². The number of amides is 1. The van der Waals surface area contributed by atoms with Crippen molar-refractivity contribution in [2.75, 3.05) is 12.3 Å². The Kier molecular flexibility index (Phi) is 5.98. The minimum atomic E-state index is -4.45. The summed E-state index contributed by atoms with van der Waals surface area (Å²) in [5.41, 5.74) is 2.55. The molecule has 0 spiro atoms. The van der Waals surface area contributed by atoms with E-state index in [1.54, 1.807) is 29.1 Å². The Morgan fingerprint density at radius 2 is 1.86 bits per heavy atom. The van der Waals surface area contributed by atoms with Crippen LogP contribution in [-0.4, -0.2) is 44.1 Å². The van der Waals surface area contributed by atoms with E-state index >= 15 is 0 Å². The molecule has 0 bridgehead atoms. The smallest absolute Gasteiger partial charge is 0.346 e. The summed E-state index contributed by atoms with van der Waals surface area (Å²) in [6.07, 6.45) is -1.19. The molecule has 0 fully saturated rings. The van der Waals surface area contributed by atoms with Crippen LogP contribution in [-0.2, 0) is 4.79 Å². The van der Waals surface area contributed by atoms with Gasteiger partial charge in [-0.25, -0.2) is 0 Å². The second-order valence-electron chi connectivity index (χ2n) is 5.84. The number of rotatable bonds is 6. The second-order valence-corrected chi connectivity index (χ2v) is 6.79. The number of halogens is 3. The highest BCUT2D eigenvalue weighted by atomic mass is 32.2. The van der Waals surface area contributed by atoms with Gasteiger partial charge in [0, 0.05) is 18.0 Å². The van der Waals surface area contributed by atoms with Crippen LogP contribution in [0.25, 0.3) is 17.1 Å². The maximum atomic E-state index is 12.2. The molecular weight excluding hydrogens is 391 g/mol. The predicted molar refractivity (Wildman–Crippen MR) is 99.1 cm³/mol. The third-order valence-electron chi connectivity index (χ3n) is 3.75. The van der Waals surface area contributed by atoms with Gasteiger partial charge in [0.05, 0.1) is 11.4 Å². The fourth-order valence-corrected chi connectivity index (χ4v) is 3.24. The van der Waals surface area contributed by atoms with Gasteiger partial charge in [-0.05, 0) is 30.7 Å². The molecule has 0 unspecified atom stereocenters. The molecule has 10 heteroatoms. The standard InChI is InChI=1S/C18H16F3N5OS/c1-12-4-2-3-5-14(12)26-16(13-6-8-22-9-7-13)24-25-17(26)28-10-15(27)23-11-18(19,20)21/h2-9H,10-11H2,1H3,(H,23,27). The molecule has 146 valence electrons. The molecule has 0 aliphatic rings. The average Bonchev–Trinajstić information content (AvgIpc) is 3.09. The average molecular weight is 407 g/mol. The number of pyridine rings is 1. The molecule has 3 aromatic rings. The van der Waals surface area contributed by atoms with E-state index in [0.29, 0.717) is 11.0 Å². The highest BCUT2D eigenvalue weighted by Crippen LogP contribution is 2.29. The maximum absolute atomic E-state index is 12.2. The Morgan fingerprint density at radius 1 is 1.14 bits per heavy atom. The summed E-state index contributed by atoms with van der Waals surface area (Å²) in [4.78, 5) is 15.7. The number of hydrogen-bond donors (Lipinski definition) is 1. The van der Waals surface area contributed by atoms with Crippen molar-refractivity contribution in [1.82, 2.24) is 25.1 Å². The van der Waals surface area contributed by atoms with E-state index in [9.17, 15) is 18.0 Å². The summed E-state index contributed by atoms with van der Waals surface area (Å²) in [7, 11) is 0. The fourth-order valence-electron chi connectivity index (χ4n) is 2.46. The van der Waals surface area contributed by atoms with E-state index in [-0.39, 0.29) is 5.75 Å². The highest BCUT2D eigenvalue weighted by Gasteiger charge is 2.28. The molecule has 1 N–H and O–H groups in total. The Morgan fingerprint density at radius 3 is 2.54 bits per heavy atom. The molecule has 0 radical (unpaired) electrons. The largest absolute Gasteiger partial charge is 0.405 e. The number of hydrogen-bond acceptors (Lipinski definition) is 5. The van der Waals surface area contributed by atoms with Crippen LogP contribution in [0.15, 0.2) is 53.9 Å². The van der Waals surface area contributed by atoms with Crippen molar-refractivity contribution in [3.8, 4) is 17.1 Å². The molecule has 0 atom stereocenters. The lowest BCUT2D eigenvalue weighted by atomic mass is 10.2. The summed E-state index contributed by atoms with van der Waals surface area (Å²) >= 11 is 1.02. The van der Waals surface area contributed by atoms with Gasteiger partial charge in [0.2, 0.25) is 5.91 Å².